The third kappa shape index (κ3) is 3.96. The maximum Gasteiger partial charge on any atom is 0.0499 e. The molecule has 0 heterocycles. The van der Waals surface area contributed by atoms with Gasteiger partial charge in [-0.25, -0.2) is 0 Å². The second-order valence-corrected chi connectivity index (χ2v) is 6.25. The minimum absolute atomic E-state index is 0.1000. The monoisotopic (exact) mass is 241 g/mol. The van der Waals surface area contributed by atoms with Crippen LogP contribution in [-0.4, -0.2) is 24.3 Å². The Bertz CT molecular complexity index is 205. The zero-order valence-electron chi connectivity index (χ0n) is 12.1. The van der Waals surface area contributed by atoms with Crippen LogP contribution in [0, 0.1) is 17.3 Å². The Labute approximate surface area is 107 Å². The van der Waals surface area contributed by atoms with E-state index in [0.717, 1.165) is 31.2 Å². The standard InChI is InChI=1S/C15H31NO/c1-5-15(6-2,11-17)10-16-14-8-7-12(3)9-13(14)4/h12-14,16-17H,5-11H2,1-4H3. The first-order chi connectivity index (χ1) is 8.06. The number of hydrogen-bond acceptors (Lipinski definition) is 2. The third-order valence-electron chi connectivity index (χ3n) is 5.01. The lowest BCUT2D eigenvalue weighted by Crippen LogP contribution is -2.45. The Kier molecular flexibility index (Phi) is 5.94. The fraction of sp³-hybridized carbons (Fsp3) is 1.00. The lowest BCUT2D eigenvalue weighted by Gasteiger charge is -2.37. The first-order valence-electron chi connectivity index (χ1n) is 7.41. The van der Waals surface area contributed by atoms with Gasteiger partial charge in [0.1, 0.15) is 0 Å². The van der Waals surface area contributed by atoms with Crippen molar-refractivity contribution < 1.29 is 5.11 Å². The van der Waals surface area contributed by atoms with Gasteiger partial charge in [0.2, 0.25) is 0 Å². The van der Waals surface area contributed by atoms with Gasteiger partial charge in [-0.3, -0.25) is 0 Å². The SMILES string of the molecule is CCC(CC)(CO)CNC1CCC(C)CC1C. The van der Waals surface area contributed by atoms with Gasteiger partial charge in [-0.2, -0.15) is 0 Å². The van der Waals surface area contributed by atoms with Crippen LogP contribution in [0.1, 0.15) is 59.8 Å². The van der Waals surface area contributed by atoms with Gasteiger partial charge in [-0.15, -0.1) is 0 Å². The predicted octanol–water partition coefficient (Wildman–Crippen LogP) is 3.20. The molecule has 0 bridgehead atoms. The molecule has 1 fully saturated rings. The number of rotatable bonds is 6. The molecular formula is C15H31NO. The molecule has 2 N–H and O–H groups in total. The molecule has 1 aliphatic rings. The molecule has 0 saturated heterocycles. The average Bonchev–Trinajstić information content (AvgIpc) is 2.33. The van der Waals surface area contributed by atoms with Crippen LogP contribution in [0.2, 0.25) is 0 Å². The van der Waals surface area contributed by atoms with Crippen molar-refractivity contribution in [3.05, 3.63) is 0 Å². The molecule has 2 heteroatoms. The van der Waals surface area contributed by atoms with Gasteiger partial charge in [0.25, 0.3) is 0 Å². The first-order valence-corrected chi connectivity index (χ1v) is 7.41. The van der Waals surface area contributed by atoms with Gasteiger partial charge >= 0.3 is 0 Å². The van der Waals surface area contributed by atoms with Crippen LogP contribution in [0.25, 0.3) is 0 Å². The molecule has 0 aromatic carbocycles. The van der Waals surface area contributed by atoms with E-state index in [2.05, 4.69) is 33.0 Å². The molecule has 2 nitrogen and oxygen atoms in total. The molecule has 1 rings (SSSR count). The van der Waals surface area contributed by atoms with E-state index in [1.807, 2.05) is 0 Å². The molecule has 0 spiro atoms. The van der Waals surface area contributed by atoms with Crippen LogP contribution < -0.4 is 5.32 Å². The molecule has 0 amide bonds. The van der Waals surface area contributed by atoms with E-state index in [-0.39, 0.29) is 5.41 Å². The lowest BCUT2D eigenvalue weighted by atomic mass is 9.78. The summed E-state index contributed by atoms with van der Waals surface area (Å²) in [5.41, 5.74) is 0.1000. The maximum atomic E-state index is 9.57. The fourth-order valence-electron chi connectivity index (χ4n) is 3.10. The second kappa shape index (κ2) is 6.75. The van der Waals surface area contributed by atoms with E-state index in [9.17, 15) is 5.11 Å². The molecule has 17 heavy (non-hydrogen) atoms. The first kappa shape index (κ1) is 15.0. The van der Waals surface area contributed by atoms with Crippen molar-refractivity contribution in [1.82, 2.24) is 5.32 Å². The van der Waals surface area contributed by atoms with E-state index in [4.69, 9.17) is 0 Å². The van der Waals surface area contributed by atoms with Crippen LogP contribution in [0.15, 0.2) is 0 Å². The summed E-state index contributed by atoms with van der Waals surface area (Å²) in [7, 11) is 0. The van der Waals surface area contributed by atoms with Gasteiger partial charge in [0, 0.05) is 24.6 Å². The highest BCUT2D eigenvalue weighted by Crippen LogP contribution is 2.30. The molecule has 3 unspecified atom stereocenters. The molecule has 0 aromatic rings. The Morgan fingerprint density at radius 3 is 2.29 bits per heavy atom. The largest absolute Gasteiger partial charge is 0.396 e. The predicted molar refractivity (Wildman–Crippen MR) is 74.1 cm³/mol. The van der Waals surface area contributed by atoms with E-state index in [1.54, 1.807) is 0 Å². The van der Waals surface area contributed by atoms with Gasteiger partial charge in [-0.1, -0.05) is 27.7 Å². The molecule has 3 atom stereocenters. The summed E-state index contributed by atoms with van der Waals surface area (Å²) in [6.45, 7) is 10.4. The number of aliphatic hydroxyl groups is 1. The van der Waals surface area contributed by atoms with Crippen LogP contribution in [0.5, 0.6) is 0 Å². The minimum Gasteiger partial charge on any atom is -0.396 e. The zero-order chi connectivity index (χ0) is 12.9. The van der Waals surface area contributed by atoms with Gasteiger partial charge < -0.3 is 10.4 Å². The molecule has 1 aliphatic carbocycles. The van der Waals surface area contributed by atoms with Gasteiger partial charge in [-0.05, 0) is 43.9 Å². The highest BCUT2D eigenvalue weighted by molar-refractivity contribution is 4.85. The van der Waals surface area contributed by atoms with Gasteiger partial charge in [0.15, 0.2) is 0 Å². The van der Waals surface area contributed by atoms with Crippen molar-refractivity contribution in [2.45, 2.75) is 65.8 Å². The molecule has 0 radical (unpaired) electrons. The molecule has 0 aromatic heterocycles. The van der Waals surface area contributed by atoms with E-state index < -0.39 is 0 Å². The van der Waals surface area contributed by atoms with Crippen molar-refractivity contribution in [3.8, 4) is 0 Å². The Hall–Kier alpha value is -0.0800. The summed E-state index contributed by atoms with van der Waals surface area (Å²) in [6, 6.07) is 0.662. The normalized spacial score (nSPS) is 30.5. The fourth-order valence-corrected chi connectivity index (χ4v) is 3.10. The number of nitrogens with one attached hydrogen (secondary N) is 1. The highest BCUT2D eigenvalue weighted by Gasteiger charge is 2.29. The van der Waals surface area contributed by atoms with Crippen molar-refractivity contribution in [3.63, 3.8) is 0 Å². The van der Waals surface area contributed by atoms with Crippen molar-refractivity contribution in [2.75, 3.05) is 13.2 Å². The second-order valence-electron chi connectivity index (χ2n) is 6.25. The molecule has 102 valence electrons. The zero-order valence-corrected chi connectivity index (χ0v) is 12.1. The Balaban J connectivity index is 2.43. The highest BCUT2D eigenvalue weighted by atomic mass is 16.3. The molecular weight excluding hydrogens is 210 g/mol. The van der Waals surface area contributed by atoms with E-state index >= 15 is 0 Å². The summed E-state index contributed by atoms with van der Waals surface area (Å²) in [4.78, 5) is 0. The Morgan fingerprint density at radius 1 is 1.18 bits per heavy atom. The Morgan fingerprint density at radius 2 is 1.82 bits per heavy atom. The van der Waals surface area contributed by atoms with Crippen LogP contribution in [0.4, 0.5) is 0 Å². The maximum absolute atomic E-state index is 9.57. The summed E-state index contributed by atoms with van der Waals surface area (Å²) in [5, 5.41) is 13.3. The molecule has 0 aliphatic heterocycles. The van der Waals surface area contributed by atoms with Gasteiger partial charge in [0.05, 0.1) is 0 Å². The van der Waals surface area contributed by atoms with Crippen molar-refractivity contribution in [1.29, 1.82) is 0 Å². The average molecular weight is 241 g/mol. The smallest absolute Gasteiger partial charge is 0.0499 e. The quantitative estimate of drug-likeness (QED) is 0.748. The van der Waals surface area contributed by atoms with Crippen LogP contribution >= 0.6 is 0 Å². The third-order valence-corrected chi connectivity index (χ3v) is 5.01. The van der Waals surface area contributed by atoms with Crippen LogP contribution in [-0.2, 0) is 0 Å². The number of hydrogen-bond donors (Lipinski definition) is 2. The number of aliphatic hydroxyl groups excluding tert-OH is 1. The van der Waals surface area contributed by atoms with Crippen molar-refractivity contribution >= 4 is 0 Å². The molecule has 1 saturated carbocycles. The van der Waals surface area contributed by atoms with E-state index in [0.29, 0.717) is 12.6 Å². The van der Waals surface area contributed by atoms with Crippen molar-refractivity contribution in [2.24, 2.45) is 17.3 Å². The van der Waals surface area contributed by atoms with E-state index in [1.165, 1.54) is 19.3 Å². The summed E-state index contributed by atoms with van der Waals surface area (Å²) < 4.78 is 0. The topological polar surface area (TPSA) is 32.3 Å². The summed E-state index contributed by atoms with van der Waals surface area (Å²) in [5.74, 6) is 1.67. The summed E-state index contributed by atoms with van der Waals surface area (Å²) in [6.07, 6.45) is 6.13. The minimum atomic E-state index is 0.1000. The van der Waals surface area contributed by atoms with Crippen LogP contribution in [0.3, 0.4) is 0 Å². The lowest BCUT2D eigenvalue weighted by molar-refractivity contribution is 0.100. The summed E-state index contributed by atoms with van der Waals surface area (Å²) >= 11 is 0.